The van der Waals surface area contributed by atoms with E-state index < -0.39 is 8.80 Å². The molecule has 10 heteroatoms. The van der Waals surface area contributed by atoms with Gasteiger partial charge in [0.1, 0.15) is 12.2 Å². The predicted molar refractivity (Wildman–Crippen MR) is 107 cm³/mol. The fraction of sp³-hybridized carbons (Fsp3) is 0.667. The summed E-state index contributed by atoms with van der Waals surface area (Å²) in [5.41, 5.74) is 5.53. The summed E-state index contributed by atoms with van der Waals surface area (Å²) in [6.07, 6.45) is 2.96. The highest BCUT2D eigenvalue weighted by molar-refractivity contribution is 8.21. The zero-order chi connectivity index (χ0) is 18.4. The SMILES string of the molecule is C1=CSCS1.CCO[Si](CCCc1ncnc(N)n1)(OCC)OCC. The van der Waals surface area contributed by atoms with Gasteiger partial charge in [0.05, 0.1) is 0 Å². The van der Waals surface area contributed by atoms with Crippen LogP contribution >= 0.6 is 23.5 Å². The molecule has 0 spiro atoms. The van der Waals surface area contributed by atoms with E-state index in [-0.39, 0.29) is 5.95 Å². The smallest absolute Gasteiger partial charge is 0.374 e. The van der Waals surface area contributed by atoms with Crippen molar-refractivity contribution >= 4 is 38.3 Å². The van der Waals surface area contributed by atoms with Gasteiger partial charge in [0.2, 0.25) is 5.95 Å². The van der Waals surface area contributed by atoms with E-state index in [9.17, 15) is 0 Å². The molecule has 0 aliphatic carbocycles. The van der Waals surface area contributed by atoms with Gasteiger partial charge in [-0.05, 0) is 38.0 Å². The molecule has 0 aromatic carbocycles. The van der Waals surface area contributed by atoms with E-state index in [1.807, 2.05) is 44.3 Å². The van der Waals surface area contributed by atoms with Crippen LogP contribution < -0.4 is 5.73 Å². The molecular formula is C15H28N4O3S2Si. The van der Waals surface area contributed by atoms with Gasteiger partial charge in [-0.3, -0.25) is 0 Å². The molecule has 0 radical (unpaired) electrons. The lowest BCUT2D eigenvalue weighted by atomic mass is 10.3. The molecule has 0 bridgehead atoms. The average Bonchev–Trinajstić information content (AvgIpc) is 3.15. The van der Waals surface area contributed by atoms with Crippen LogP contribution in [-0.4, -0.2) is 48.7 Å². The van der Waals surface area contributed by atoms with E-state index in [2.05, 4.69) is 25.8 Å². The molecule has 1 aromatic heterocycles. The van der Waals surface area contributed by atoms with Gasteiger partial charge in [-0.1, -0.05) is 0 Å². The lowest BCUT2D eigenvalue weighted by molar-refractivity contribution is 0.0708. The number of anilines is 1. The van der Waals surface area contributed by atoms with Crippen LogP contribution in [0.3, 0.4) is 0 Å². The Labute approximate surface area is 159 Å². The van der Waals surface area contributed by atoms with Gasteiger partial charge >= 0.3 is 8.80 Å². The molecule has 0 fully saturated rings. The molecule has 7 nitrogen and oxygen atoms in total. The summed E-state index contributed by atoms with van der Waals surface area (Å²) in [6, 6.07) is 0.744. The van der Waals surface area contributed by atoms with E-state index in [0.29, 0.717) is 32.1 Å². The molecule has 1 aromatic rings. The zero-order valence-corrected chi connectivity index (χ0v) is 17.8. The van der Waals surface area contributed by atoms with Crippen LogP contribution in [0.5, 0.6) is 0 Å². The van der Waals surface area contributed by atoms with Crippen molar-refractivity contribution < 1.29 is 13.3 Å². The van der Waals surface area contributed by atoms with Crippen molar-refractivity contribution in [3.05, 3.63) is 23.0 Å². The zero-order valence-electron chi connectivity index (χ0n) is 15.1. The van der Waals surface area contributed by atoms with Crippen LogP contribution in [-0.2, 0) is 19.7 Å². The Bertz CT molecular complexity index is 488. The summed E-state index contributed by atoms with van der Waals surface area (Å²) in [6.45, 7) is 7.62. The molecule has 0 atom stereocenters. The van der Waals surface area contributed by atoms with Gasteiger partial charge < -0.3 is 19.0 Å². The second-order valence-corrected chi connectivity index (χ2v) is 9.70. The highest BCUT2D eigenvalue weighted by Crippen LogP contribution is 2.22. The molecule has 0 amide bonds. The van der Waals surface area contributed by atoms with Crippen LogP contribution in [0, 0.1) is 0 Å². The molecule has 2 rings (SSSR count). The highest BCUT2D eigenvalue weighted by Gasteiger charge is 2.39. The maximum Gasteiger partial charge on any atom is 0.500 e. The monoisotopic (exact) mass is 404 g/mol. The predicted octanol–water partition coefficient (Wildman–Crippen LogP) is 3.33. The Morgan fingerprint density at radius 1 is 1.04 bits per heavy atom. The average molecular weight is 405 g/mol. The number of nitrogens with zero attached hydrogens (tertiary/aromatic N) is 3. The Hall–Kier alpha value is -0.653. The minimum atomic E-state index is -2.57. The van der Waals surface area contributed by atoms with Gasteiger partial charge in [0, 0.05) is 37.4 Å². The molecule has 0 saturated heterocycles. The first-order chi connectivity index (χ1) is 12.2. The quantitative estimate of drug-likeness (QED) is 0.589. The third-order valence-electron chi connectivity index (χ3n) is 3.00. The number of nitrogens with two attached hydrogens (primary N) is 1. The number of hydrogen-bond donors (Lipinski definition) is 1. The first-order valence-electron chi connectivity index (χ1n) is 8.39. The lowest BCUT2D eigenvalue weighted by Gasteiger charge is -2.28. The summed E-state index contributed by atoms with van der Waals surface area (Å²) in [4.78, 5) is 11.9. The van der Waals surface area contributed by atoms with Crippen molar-refractivity contribution in [2.75, 3.05) is 30.6 Å². The van der Waals surface area contributed by atoms with Gasteiger partial charge in [-0.25, -0.2) is 9.97 Å². The maximum atomic E-state index is 5.79. The van der Waals surface area contributed by atoms with Crippen molar-refractivity contribution in [2.45, 2.75) is 39.7 Å². The number of hydrogen-bond acceptors (Lipinski definition) is 9. The highest BCUT2D eigenvalue weighted by atomic mass is 32.2. The molecular weight excluding hydrogens is 376 g/mol. The largest absolute Gasteiger partial charge is 0.500 e. The van der Waals surface area contributed by atoms with Gasteiger partial charge in [-0.15, -0.1) is 23.5 Å². The standard InChI is InChI=1S/C12H24N4O3Si.C3H4S2/c1-4-17-20(18-5-2,19-6-3)9-7-8-11-14-10-15-12(13)16-11;1-2-5-3-4-1/h10H,4-9H2,1-3H3,(H2,13,14,15,16);1-2H,3H2. The Morgan fingerprint density at radius 2 is 1.64 bits per heavy atom. The van der Waals surface area contributed by atoms with Crippen LogP contribution in [0.25, 0.3) is 0 Å². The number of nitrogen functional groups attached to an aromatic ring is 1. The second-order valence-electron chi connectivity index (χ2n) is 4.82. The Kier molecular flexibility index (Phi) is 12.1. The molecule has 142 valence electrons. The van der Waals surface area contributed by atoms with Crippen molar-refractivity contribution in [1.82, 2.24) is 15.0 Å². The van der Waals surface area contributed by atoms with Crippen LogP contribution in [0.4, 0.5) is 5.95 Å². The van der Waals surface area contributed by atoms with Crippen molar-refractivity contribution in [2.24, 2.45) is 0 Å². The molecule has 0 saturated carbocycles. The number of aryl methyl sites for hydroxylation is 1. The maximum absolute atomic E-state index is 5.79. The first kappa shape index (κ1) is 22.4. The minimum absolute atomic E-state index is 0.248. The Balaban J connectivity index is 0.000000531. The van der Waals surface area contributed by atoms with E-state index >= 15 is 0 Å². The fourth-order valence-electron chi connectivity index (χ4n) is 2.13. The molecule has 1 aliphatic rings. The summed E-state index contributed by atoms with van der Waals surface area (Å²) in [5, 5.41) is 5.45. The van der Waals surface area contributed by atoms with E-state index in [0.717, 1.165) is 12.5 Å². The fourth-order valence-corrected chi connectivity index (χ4v) is 6.31. The molecule has 25 heavy (non-hydrogen) atoms. The summed E-state index contributed by atoms with van der Waals surface area (Å²) < 4.78 is 17.4. The van der Waals surface area contributed by atoms with Crippen LogP contribution in [0.2, 0.25) is 6.04 Å². The summed E-state index contributed by atoms with van der Waals surface area (Å²) in [7, 11) is -2.57. The summed E-state index contributed by atoms with van der Waals surface area (Å²) in [5.74, 6) is 0.933. The molecule has 0 unspecified atom stereocenters. The molecule has 2 heterocycles. The van der Waals surface area contributed by atoms with E-state index in [1.54, 1.807) is 0 Å². The third kappa shape index (κ3) is 9.57. The lowest BCUT2D eigenvalue weighted by Crippen LogP contribution is -2.46. The van der Waals surface area contributed by atoms with E-state index in [4.69, 9.17) is 19.0 Å². The van der Waals surface area contributed by atoms with Crippen LogP contribution in [0.15, 0.2) is 17.1 Å². The minimum Gasteiger partial charge on any atom is -0.374 e. The number of thioether (sulfide) groups is 2. The Morgan fingerprint density at radius 3 is 2.08 bits per heavy atom. The van der Waals surface area contributed by atoms with Crippen LogP contribution in [0.1, 0.15) is 33.0 Å². The molecule has 1 aliphatic heterocycles. The van der Waals surface area contributed by atoms with Gasteiger partial charge in [0.25, 0.3) is 0 Å². The first-order valence-corrected chi connectivity index (χ1v) is 12.4. The second kappa shape index (κ2) is 13.5. The normalized spacial score (nSPS) is 13.6. The van der Waals surface area contributed by atoms with Crippen molar-refractivity contribution in [3.63, 3.8) is 0 Å². The third-order valence-corrected chi connectivity index (χ3v) is 8.07. The van der Waals surface area contributed by atoms with E-state index in [1.165, 1.54) is 11.4 Å². The van der Waals surface area contributed by atoms with Crippen molar-refractivity contribution in [3.8, 4) is 0 Å². The summed E-state index contributed by atoms with van der Waals surface area (Å²) >= 11 is 3.71. The molecule has 2 N–H and O–H groups in total. The van der Waals surface area contributed by atoms with Gasteiger partial charge in [0.15, 0.2) is 0 Å². The topological polar surface area (TPSA) is 92.4 Å². The van der Waals surface area contributed by atoms with Crippen molar-refractivity contribution in [1.29, 1.82) is 0 Å². The van der Waals surface area contributed by atoms with Gasteiger partial charge in [-0.2, -0.15) is 4.98 Å². The number of aromatic nitrogens is 3. The number of rotatable bonds is 10.